The topological polar surface area (TPSA) is 63.9 Å². The normalized spacial score (nSPS) is 26.6. The number of aliphatic hydroxyl groups is 3. The Morgan fingerprint density at radius 1 is 1.11 bits per heavy atom. The summed E-state index contributed by atoms with van der Waals surface area (Å²) in [5, 5.41) is 32.7. The molecule has 1 saturated heterocycles. The number of nitrogens with zero attached hydrogens (tertiary/aromatic N) is 1. The SMILES string of the molecule is C=CC[C@@]1(C)C[C@H](c2cccc(Cl)c2)C(c2ccc(Cl)cc2)N(C(CC)CC(O)(O)C(F)(F)F)C1O. The second-order valence-electron chi connectivity index (χ2n) is 9.91. The van der Waals surface area contributed by atoms with Gasteiger partial charge in [0.15, 0.2) is 0 Å². The summed E-state index contributed by atoms with van der Waals surface area (Å²) in [4.78, 5) is 1.61. The Balaban J connectivity index is 2.23. The maximum absolute atomic E-state index is 13.5. The van der Waals surface area contributed by atoms with Crippen molar-refractivity contribution in [3.8, 4) is 0 Å². The summed E-state index contributed by atoms with van der Waals surface area (Å²) in [5.74, 6) is -4.21. The maximum Gasteiger partial charge on any atom is 0.442 e. The number of piperidine rings is 1. The molecular formula is C27H32Cl2F3NO3. The van der Waals surface area contributed by atoms with Crippen LogP contribution in [-0.2, 0) is 0 Å². The van der Waals surface area contributed by atoms with Gasteiger partial charge in [0.2, 0.25) is 0 Å². The van der Waals surface area contributed by atoms with Crippen molar-refractivity contribution in [2.24, 2.45) is 5.41 Å². The van der Waals surface area contributed by atoms with Crippen molar-refractivity contribution in [2.45, 2.75) is 75.7 Å². The van der Waals surface area contributed by atoms with Crippen molar-refractivity contribution >= 4 is 23.2 Å². The molecule has 9 heteroatoms. The molecule has 0 bridgehead atoms. The van der Waals surface area contributed by atoms with E-state index in [-0.39, 0.29) is 12.3 Å². The zero-order valence-electron chi connectivity index (χ0n) is 20.2. The van der Waals surface area contributed by atoms with Crippen LogP contribution in [0.1, 0.15) is 62.6 Å². The quantitative estimate of drug-likeness (QED) is 0.251. The van der Waals surface area contributed by atoms with Crippen LogP contribution in [0.2, 0.25) is 10.0 Å². The molecule has 1 aliphatic heterocycles. The molecule has 2 aromatic rings. The Kier molecular flexibility index (Phi) is 8.86. The average Bonchev–Trinajstić information content (AvgIpc) is 2.79. The van der Waals surface area contributed by atoms with Crippen molar-refractivity contribution in [3.63, 3.8) is 0 Å². The average molecular weight is 546 g/mol. The summed E-state index contributed by atoms with van der Waals surface area (Å²) >= 11 is 12.4. The third-order valence-electron chi connectivity index (χ3n) is 7.26. The number of hydrogen-bond acceptors (Lipinski definition) is 4. The standard InChI is InChI=1S/C27H32Cl2F3NO3/c1-4-13-25(3)16-22(18-7-6-8-20(29)14-18)23(17-9-11-19(28)12-10-17)33(24(25)34)21(5-2)15-26(35,36)27(30,31)32/h4,6-12,14,21-24,34-36H,1,5,13,15-16H2,2-3H3/t21?,22-,23?,24?,25+/m1/s1. The van der Waals surface area contributed by atoms with E-state index in [0.717, 1.165) is 11.1 Å². The summed E-state index contributed by atoms with van der Waals surface area (Å²) in [5.41, 5.74) is 0.812. The first-order valence-electron chi connectivity index (χ1n) is 11.8. The number of halogens is 5. The van der Waals surface area contributed by atoms with E-state index >= 15 is 0 Å². The smallest absolute Gasteiger partial charge is 0.378 e. The Morgan fingerprint density at radius 3 is 2.28 bits per heavy atom. The highest BCUT2D eigenvalue weighted by Crippen LogP contribution is 2.54. The summed E-state index contributed by atoms with van der Waals surface area (Å²) in [6.07, 6.45) is -4.78. The fraction of sp³-hybridized carbons (Fsp3) is 0.481. The number of hydrogen-bond donors (Lipinski definition) is 3. The van der Waals surface area contributed by atoms with E-state index in [1.165, 1.54) is 0 Å². The van der Waals surface area contributed by atoms with Crippen LogP contribution in [0.5, 0.6) is 0 Å². The molecule has 2 aromatic carbocycles. The minimum atomic E-state index is -5.26. The van der Waals surface area contributed by atoms with Crippen molar-refractivity contribution in [1.29, 1.82) is 0 Å². The van der Waals surface area contributed by atoms with Crippen LogP contribution in [-0.4, -0.2) is 44.5 Å². The van der Waals surface area contributed by atoms with Gasteiger partial charge in [0.25, 0.3) is 5.79 Å². The molecule has 3 unspecified atom stereocenters. The predicted molar refractivity (Wildman–Crippen MR) is 136 cm³/mol. The van der Waals surface area contributed by atoms with Crippen molar-refractivity contribution < 1.29 is 28.5 Å². The number of benzene rings is 2. The molecule has 1 aliphatic rings. The van der Waals surface area contributed by atoms with Gasteiger partial charge in [-0.25, -0.2) is 0 Å². The predicted octanol–water partition coefficient (Wildman–Crippen LogP) is 6.84. The highest BCUT2D eigenvalue weighted by atomic mass is 35.5. The second-order valence-corrected chi connectivity index (χ2v) is 10.8. The lowest BCUT2D eigenvalue weighted by atomic mass is 9.66. The number of alkyl halides is 3. The molecule has 0 aromatic heterocycles. The molecular weight excluding hydrogens is 514 g/mol. The minimum Gasteiger partial charge on any atom is -0.378 e. The number of rotatable bonds is 8. The van der Waals surface area contributed by atoms with Gasteiger partial charge < -0.3 is 15.3 Å². The number of aliphatic hydroxyl groups excluding tert-OH is 1. The fourth-order valence-electron chi connectivity index (χ4n) is 5.39. The molecule has 1 heterocycles. The van der Waals surface area contributed by atoms with Crippen LogP contribution in [0.15, 0.2) is 61.2 Å². The molecule has 0 radical (unpaired) electrons. The first kappa shape index (κ1) is 29.0. The summed E-state index contributed by atoms with van der Waals surface area (Å²) in [6, 6.07) is 12.6. The van der Waals surface area contributed by atoms with Gasteiger partial charge in [0, 0.05) is 39.9 Å². The Hall–Kier alpha value is -1.61. The van der Waals surface area contributed by atoms with E-state index in [1.807, 2.05) is 25.1 Å². The van der Waals surface area contributed by atoms with Crippen LogP contribution in [0.4, 0.5) is 13.2 Å². The van der Waals surface area contributed by atoms with E-state index in [9.17, 15) is 28.5 Å². The van der Waals surface area contributed by atoms with Gasteiger partial charge in [0.05, 0.1) is 0 Å². The van der Waals surface area contributed by atoms with Gasteiger partial charge in [-0.2, -0.15) is 13.2 Å². The summed E-state index contributed by atoms with van der Waals surface area (Å²) in [6.45, 7) is 7.35. The number of likely N-dealkylation sites (tertiary alicyclic amines) is 1. The Morgan fingerprint density at radius 2 is 1.75 bits per heavy atom. The van der Waals surface area contributed by atoms with Crippen molar-refractivity contribution in [3.05, 3.63) is 82.4 Å². The van der Waals surface area contributed by atoms with Gasteiger partial charge in [0.1, 0.15) is 6.23 Å². The zero-order chi connectivity index (χ0) is 26.9. The van der Waals surface area contributed by atoms with E-state index in [1.54, 1.807) is 48.2 Å². The lowest BCUT2D eigenvalue weighted by molar-refractivity contribution is -0.357. The monoisotopic (exact) mass is 545 g/mol. The van der Waals surface area contributed by atoms with Crippen LogP contribution >= 0.6 is 23.2 Å². The highest BCUT2D eigenvalue weighted by molar-refractivity contribution is 6.30. The van der Waals surface area contributed by atoms with Crippen LogP contribution < -0.4 is 0 Å². The highest BCUT2D eigenvalue weighted by Gasteiger charge is 2.57. The largest absolute Gasteiger partial charge is 0.442 e. The first-order valence-corrected chi connectivity index (χ1v) is 12.6. The minimum absolute atomic E-state index is 0.131. The molecule has 0 aliphatic carbocycles. The van der Waals surface area contributed by atoms with E-state index < -0.39 is 42.1 Å². The van der Waals surface area contributed by atoms with Gasteiger partial charge in [-0.1, -0.05) is 67.4 Å². The molecule has 1 fully saturated rings. The van der Waals surface area contributed by atoms with Crippen molar-refractivity contribution in [2.75, 3.05) is 0 Å². The zero-order valence-corrected chi connectivity index (χ0v) is 21.7. The lowest BCUT2D eigenvalue weighted by Gasteiger charge is -2.56. The van der Waals surface area contributed by atoms with Gasteiger partial charge >= 0.3 is 6.18 Å². The third-order valence-corrected chi connectivity index (χ3v) is 7.75. The number of allylic oxidation sites excluding steroid dienone is 1. The molecule has 36 heavy (non-hydrogen) atoms. The van der Waals surface area contributed by atoms with Crippen LogP contribution in [0.3, 0.4) is 0 Å². The van der Waals surface area contributed by atoms with E-state index in [4.69, 9.17) is 23.2 Å². The molecule has 3 rings (SSSR count). The molecule has 0 amide bonds. The fourth-order valence-corrected chi connectivity index (χ4v) is 5.72. The van der Waals surface area contributed by atoms with Gasteiger partial charge in [-0.15, -0.1) is 6.58 Å². The molecule has 5 atom stereocenters. The maximum atomic E-state index is 13.5. The Bertz CT molecular complexity index is 1050. The molecule has 4 nitrogen and oxygen atoms in total. The first-order chi connectivity index (χ1) is 16.7. The molecule has 3 N–H and O–H groups in total. The second kappa shape index (κ2) is 11.0. The summed E-state index contributed by atoms with van der Waals surface area (Å²) in [7, 11) is 0. The summed E-state index contributed by atoms with van der Waals surface area (Å²) < 4.78 is 40.5. The van der Waals surface area contributed by atoms with Crippen LogP contribution in [0.25, 0.3) is 0 Å². The molecule has 0 spiro atoms. The van der Waals surface area contributed by atoms with Gasteiger partial charge in [-0.3, -0.25) is 4.90 Å². The van der Waals surface area contributed by atoms with E-state index in [0.29, 0.717) is 22.9 Å². The van der Waals surface area contributed by atoms with Crippen molar-refractivity contribution in [1.82, 2.24) is 4.90 Å². The third kappa shape index (κ3) is 5.93. The van der Waals surface area contributed by atoms with Crippen LogP contribution in [0, 0.1) is 5.41 Å². The van der Waals surface area contributed by atoms with Gasteiger partial charge in [-0.05, 0) is 54.7 Å². The Labute approximate surface area is 220 Å². The molecule has 198 valence electrons. The van der Waals surface area contributed by atoms with E-state index in [2.05, 4.69) is 6.58 Å². The lowest BCUT2D eigenvalue weighted by Crippen LogP contribution is -2.60. The molecule has 0 saturated carbocycles.